The van der Waals surface area contributed by atoms with Crippen LogP contribution in [-0.4, -0.2) is 28.5 Å². The number of amides is 1. The molecule has 0 aliphatic heterocycles. The third kappa shape index (κ3) is 5.39. The molecule has 0 saturated heterocycles. The molecule has 4 N–H and O–H groups in total. The molecule has 0 spiro atoms. The van der Waals surface area contributed by atoms with Crippen LogP contribution in [0.25, 0.3) is 0 Å². The molecule has 2 aromatic carbocycles. The van der Waals surface area contributed by atoms with Crippen molar-refractivity contribution in [1.29, 1.82) is 0 Å². The van der Waals surface area contributed by atoms with Gasteiger partial charge in [-0.05, 0) is 37.1 Å². The Labute approximate surface area is 190 Å². The molecule has 3 rings (SSSR count). The van der Waals surface area contributed by atoms with E-state index in [0.29, 0.717) is 11.6 Å². The standard InChI is InChI=1S/C23H26ClN5O3/c1-3-28(14-19(30)26-15(2)17-10-7-11-18(24)12-17)20-21(25)29(23(32)27-22(20)31)13-16-8-5-4-6-9-16/h4-12,15H,3,13-14,25H2,1-2H3,(H,26,30)(H,27,31,32). The van der Waals surface area contributed by atoms with E-state index in [0.717, 1.165) is 11.1 Å². The first-order valence-corrected chi connectivity index (χ1v) is 10.6. The minimum atomic E-state index is -0.630. The summed E-state index contributed by atoms with van der Waals surface area (Å²) in [5, 5.41) is 3.48. The number of carbonyl (C=O) groups excluding carboxylic acids is 1. The average Bonchev–Trinajstić information content (AvgIpc) is 2.76. The van der Waals surface area contributed by atoms with Gasteiger partial charge in [-0.2, -0.15) is 0 Å². The van der Waals surface area contributed by atoms with Gasteiger partial charge < -0.3 is 16.0 Å². The van der Waals surface area contributed by atoms with Gasteiger partial charge in [-0.25, -0.2) is 4.79 Å². The Balaban J connectivity index is 1.83. The van der Waals surface area contributed by atoms with Crippen LogP contribution >= 0.6 is 11.6 Å². The van der Waals surface area contributed by atoms with Crippen molar-refractivity contribution in [2.45, 2.75) is 26.4 Å². The number of anilines is 2. The Morgan fingerprint density at radius 3 is 2.56 bits per heavy atom. The van der Waals surface area contributed by atoms with Crippen molar-refractivity contribution in [2.75, 3.05) is 23.7 Å². The molecular weight excluding hydrogens is 430 g/mol. The number of nitrogens with one attached hydrogen (secondary N) is 2. The number of nitrogens with zero attached hydrogens (tertiary/aromatic N) is 2. The number of nitrogen functional groups attached to an aromatic ring is 1. The largest absolute Gasteiger partial charge is 0.383 e. The van der Waals surface area contributed by atoms with Gasteiger partial charge >= 0.3 is 5.69 Å². The van der Waals surface area contributed by atoms with Crippen LogP contribution in [0.4, 0.5) is 11.5 Å². The van der Waals surface area contributed by atoms with E-state index < -0.39 is 11.2 Å². The summed E-state index contributed by atoms with van der Waals surface area (Å²) in [4.78, 5) is 41.6. The molecule has 8 nitrogen and oxygen atoms in total. The van der Waals surface area contributed by atoms with Crippen LogP contribution in [0.2, 0.25) is 5.02 Å². The molecule has 1 atom stereocenters. The molecule has 0 saturated carbocycles. The summed E-state index contributed by atoms with van der Waals surface area (Å²) in [7, 11) is 0. The van der Waals surface area contributed by atoms with Crippen LogP contribution in [0.5, 0.6) is 0 Å². The highest BCUT2D eigenvalue weighted by molar-refractivity contribution is 6.30. The van der Waals surface area contributed by atoms with Crippen molar-refractivity contribution in [3.05, 3.63) is 91.6 Å². The van der Waals surface area contributed by atoms with Crippen LogP contribution in [-0.2, 0) is 11.3 Å². The maximum absolute atomic E-state index is 12.7. The van der Waals surface area contributed by atoms with Gasteiger partial charge in [0.1, 0.15) is 11.5 Å². The number of carbonyl (C=O) groups is 1. The minimum Gasteiger partial charge on any atom is -0.383 e. The first-order valence-electron chi connectivity index (χ1n) is 10.3. The second kappa shape index (κ2) is 10.2. The van der Waals surface area contributed by atoms with Crippen LogP contribution in [0.1, 0.15) is 31.0 Å². The lowest BCUT2D eigenvalue weighted by molar-refractivity contribution is -0.120. The molecule has 1 aromatic heterocycles. The monoisotopic (exact) mass is 455 g/mol. The topological polar surface area (TPSA) is 113 Å². The van der Waals surface area contributed by atoms with Gasteiger partial charge in [0.15, 0.2) is 0 Å². The van der Waals surface area contributed by atoms with Gasteiger partial charge in [-0.15, -0.1) is 0 Å². The lowest BCUT2D eigenvalue weighted by atomic mass is 10.1. The molecule has 32 heavy (non-hydrogen) atoms. The van der Waals surface area contributed by atoms with Gasteiger partial charge in [0.05, 0.1) is 19.1 Å². The van der Waals surface area contributed by atoms with E-state index in [1.165, 1.54) is 4.57 Å². The van der Waals surface area contributed by atoms with E-state index in [1.54, 1.807) is 24.0 Å². The number of rotatable bonds is 8. The Hall–Kier alpha value is -3.52. The molecule has 1 unspecified atom stereocenters. The minimum absolute atomic E-state index is 0.0140. The molecule has 9 heteroatoms. The number of hydrogen-bond donors (Lipinski definition) is 3. The lowest BCUT2D eigenvalue weighted by Crippen LogP contribution is -2.43. The SMILES string of the molecule is CCN(CC(=O)NC(C)c1cccc(Cl)c1)c1c(N)n(Cc2ccccc2)c(=O)[nH]c1=O. The smallest absolute Gasteiger partial charge is 0.330 e. The molecular formula is C23H26ClN5O3. The van der Waals surface area contributed by atoms with Crippen molar-refractivity contribution >= 4 is 29.0 Å². The first kappa shape index (κ1) is 23.1. The maximum atomic E-state index is 12.7. The zero-order valence-electron chi connectivity index (χ0n) is 18.0. The number of hydrogen-bond acceptors (Lipinski definition) is 5. The molecule has 0 aliphatic rings. The number of halogens is 1. The Kier molecular flexibility index (Phi) is 7.37. The number of nitrogens with two attached hydrogens (primary N) is 1. The van der Waals surface area contributed by atoms with Gasteiger partial charge in [0.25, 0.3) is 5.56 Å². The van der Waals surface area contributed by atoms with E-state index >= 15 is 0 Å². The maximum Gasteiger partial charge on any atom is 0.330 e. The van der Waals surface area contributed by atoms with E-state index in [1.807, 2.05) is 49.4 Å². The van der Waals surface area contributed by atoms with Crippen LogP contribution < -0.4 is 27.2 Å². The third-order valence-corrected chi connectivity index (χ3v) is 5.39. The van der Waals surface area contributed by atoms with Crippen LogP contribution in [0, 0.1) is 0 Å². The molecule has 0 aliphatic carbocycles. The Bertz CT molecular complexity index is 1210. The molecule has 3 aromatic rings. The fourth-order valence-electron chi connectivity index (χ4n) is 3.47. The molecule has 1 heterocycles. The summed E-state index contributed by atoms with van der Waals surface area (Å²) in [5.74, 6) is -0.279. The molecule has 0 bridgehead atoms. The number of H-pyrrole nitrogens is 1. The second-order valence-corrected chi connectivity index (χ2v) is 7.86. The third-order valence-electron chi connectivity index (χ3n) is 5.16. The number of likely N-dealkylation sites (N-methyl/N-ethyl adjacent to an activating group) is 1. The van der Waals surface area contributed by atoms with Gasteiger partial charge in [-0.1, -0.05) is 54.1 Å². The normalized spacial score (nSPS) is 11.7. The molecule has 0 radical (unpaired) electrons. The van der Waals surface area contributed by atoms with Crippen molar-refractivity contribution in [2.24, 2.45) is 0 Å². The number of aromatic amines is 1. The zero-order valence-corrected chi connectivity index (χ0v) is 18.7. The molecule has 0 fully saturated rings. The van der Waals surface area contributed by atoms with Gasteiger partial charge in [-0.3, -0.25) is 19.1 Å². The van der Waals surface area contributed by atoms with Crippen molar-refractivity contribution in [3.63, 3.8) is 0 Å². The Morgan fingerprint density at radius 2 is 1.91 bits per heavy atom. The summed E-state index contributed by atoms with van der Waals surface area (Å²) < 4.78 is 1.29. The lowest BCUT2D eigenvalue weighted by Gasteiger charge is -2.25. The highest BCUT2D eigenvalue weighted by Gasteiger charge is 2.21. The number of aromatic nitrogens is 2. The highest BCUT2D eigenvalue weighted by Crippen LogP contribution is 2.19. The fourth-order valence-corrected chi connectivity index (χ4v) is 3.67. The Morgan fingerprint density at radius 1 is 1.19 bits per heavy atom. The van der Waals surface area contributed by atoms with E-state index in [9.17, 15) is 14.4 Å². The fraction of sp³-hybridized carbons (Fsp3) is 0.261. The van der Waals surface area contributed by atoms with Crippen LogP contribution in [0.3, 0.4) is 0 Å². The predicted octanol–water partition coefficient (Wildman–Crippen LogP) is 2.52. The second-order valence-electron chi connectivity index (χ2n) is 7.42. The number of benzene rings is 2. The summed E-state index contributed by atoms with van der Waals surface area (Å²) in [6.45, 7) is 4.10. The average molecular weight is 456 g/mol. The van der Waals surface area contributed by atoms with Gasteiger partial charge in [0.2, 0.25) is 5.91 Å². The summed E-state index contributed by atoms with van der Waals surface area (Å²) in [6, 6.07) is 16.3. The summed E-state index contributed by atoms with van der Waals surface area (Å²) in [6.07, 6.45) is 0. The van der Waals surface area contributed by atoms with Gasteiger partial charge in [0, 0.05) is 11.6 Å². The molecule has 1 amide bonds. The van der Waals surface area contributed by atoms with E-state index in [-0.39, 0.29) is 36.5 Å². The van der Waals surface area contributed by atoms with E-state index in [4.69, 9.17) is 17.3 Å². The highest BCUT2D eigenvalue weighted by atomic mass is 35.5. The quantitative estimate of drug-likeness (QED) is 0.483. The van der Waals surface area contributed by atoms with Crippen molar-refractivity contribution in [3.8, 4) is 0 Å². The zero-order chi connectivity index (χ0) is 23.3. The van der Waals surface area contributed by atoms with Crippen molar-refractivity contribution in [1.82, 2.24) is 14.9 Å². The predicted molar refractivity (Wildman–Crippen MR) is 127 cm³/mol. The van der Waals surface area contributed by atoms with E-state index in [2.05, 4.69) is 10.3 Å². The van der Waals surface area contributed by atoms with Crippen LogP contribution in [0.15, 0.2) is 64.2 Å². The van der Waals surface area contributed by atoms with Crippen molar-refractivity contribution < 1.29 is 4.79 Å². The molecule has 168 valence electrons. The summed E-state index contributed by atoms with van der Waals surface area (Å²) in [5.41, 5.74) is 6.83. The summed E-state index contributed by atoms with van der Waals surface area (Å²) >= 11 is 6.03. The first-order chi connectivity index (χ1) is 15.3.